The van der Waals surface area contributed by atoms with Crippen LogP contribution in [0.4, 0.5) is 0 Å². The molecule has 0 unspecified atom stereocenters. The molecule has 0 aliphatic rings. The summed E-state index contributed by atoms with van der Waals surface area (Å²) < 4.78 is 6.00. The smallest absolute Gasteiger partial charge is 0.276 e. The van der Waals surface area contributed by atoms with Crippen molar-refractivity contribution in [3.63, 3.8) is 0 Å². The summed E-state index contributed by atoms with van der Waals surface area (Å²) in [6, 6.07) is 9.93. The number of carbonyl (C=O) groups is 2. The van der Waals surface area contributed by atoms with Crippen molar-refractivity contribution < 1.29 is 19.4 Å². The number of carbonyl (C=O) groups excluding carboxylic acids is 2. The Morgan fingerprint density at radius 3 is 2.54 bits per heavy atom. The average molecular weight is 393 g/mol. The van der Waals surface area contributed by atoms with Crippen LogP contribution in [0.25, 0.3) is 0 Å². The standard InChI is InChI=1S/C17H17BrN2O4/c1-10-3-5-13(7-11(10)2)24-9-16(22)19-20-17(23)14-8-12(18)4-6-15(14)21/h3-8,21H,9H2,1-2H3,(H,19,22)(H,20,23). The molecule has 0 saturated carbocycles. The molecule has 24 heavy (non-hydrogen) atoms. The second-order valence-electron chi connectivity index (χ2n) is 5.20. The van der Waals surface area contributed by atoms with E-state index < -0.39 is 11.8 Å². The number of phenols is 1. The van der Waals surface area contributed by atoms with E-state index in [1.807, 2.05) is 26.0 Å². The van der Waals surface area contributed by atoms with Crippen molar-refractivity contribution in [2.45, 2.75) is 13.8 Å². The molecule has 126 valence electrons. The van der Waals surface area contributed by atoms with Gasteiger partial charge in [-0.3, -0.25) is 20.4 Å². The fraction of sp³-hybridized carbons (Fsp3) is 0.176. The Balaban J connectivity index is 1.85. The van der Waals surface area contributed by atoms with Gasteiger partial charge < -0.3 is 9.84 Å². The number of hydrogen-bond donors (Lipinski definition) is 3. The van der Waals surface area contributed by atoms with E-state index in [4.69, 9.17) is 4.74 Å². The van der Waals surface area contributed by atoms with Gasteiger partial charge in [-0.15, -0.1) is 0 Å². The van der Waals surface area contributed by atoms with Crippen molar-refractivity contribution in [3.8, 4) is 11.5 Å². The molecular formula is C17H17BrN2O4. The largest absolute Gasteiger partial charge is 0.507 e. The van der Waals surface area contributed by atoms with Crippen LogP contribution in [0.1, 0.15) is 21.5 Å². The molecule has 0 bridgehead atoms. The van der Waals surface area contributed by atoms with E-state index in [-0.39, 0.29) is 17.9 Å². The van der Waals surface area contributed by atoms with Crippen LogP contribution in [0.3, 0.4) is 0 Å². The normalized spacial score (nSPS) is 10.1. The molecule has 7 heteroatoms. The van der Waals surface area contributed by atoms with Gasteiger partial charge >= 0.3 is 0 Å². The highest BCUT2D eigenvalue weighted by Crippen LogP contribution is 2.21. The van der Waals surface area contributed by atoms with E-state index in [1.165, 1.54) is 12.1 Å². The van der Waals surface area contributed by atoms with Crippen LogP contribution < -0.4 is 15.6 Å². The number of benzene rings is 2. The predicted octanol–water partition coefficient (Wildman–Crippen LogP) is 2.61. The van der Waals surface area contributed by atoms with Crippen LogP contribution in [0, 0.1) is 13.8 Å². The molecule has 3 N–H and O–H groups in total. The lowest BCUT2D eigenvalue weighted by atomic mass is 10.1. The summed E-state index contributed by atoms with van der Waals surface area (Å²) >= 11 is 3.21. The SMILES string of the molecule is Cc1ccc(OCC(=O)NNC(=O)c2cc(Br)ccc2O)cc1C. The fourth-order valence-electron chi connectivity index (χ4n) is 1.87. The molecule has 2 aromatic carbocycles. The van der Waals surface area contributed by atoms with Gasteiger partial charge in [0.2, 0.25) is 0 Å². The van der Waals surface area contributed by atoms with Crippen molar-refractivity contribution >= 4 is 27.7 Å². The van der Waals surface area contributed by atoms with E-state index >= 15 is 0 Å². The minimum atomic E-state index is -0.631. The van der Waals surface area contributed by atoms with E-state index in [1.54, 1.807) is 12.1 Å². The van der Waals surface area contributed by atoms with E-state index in [0.29, 0.717) is 10.2 Å². The van der Waals surface area contributed by atoms with Gasteiger partial charge in [-0.25, -0.2) is 0 Å². The number of halogens is 1. The van der Waals surface area contributed by atoms with Crippen LogP contribution >= 0.6 is 15.9 Å². The maximum Gasteiger partial charge on any atom is 0.276 e. The summed E-state index contributed by atoms with van der Waals surface area (Å²) in [6.45, 7) is 3.69. The summed E-state index contributed by atoms with van der Waals surface area (Å²) in [6.07, 6.45) is 0. The first-order valence-electron chi connectivity index (χ1n) is 7.14. The summed E-state index contributed by atoms with van der Waals surface area (Å²) in [7, 11) is 0. The average Bonchev–Trinajstić information content (AvgIpc) is 2.56. The number of phenolic OH excluding ortho intramolecular Hbond substituents is 1. The molecule has 0 saturated heterocycles. The van der Waals surface area contributed by atoms with Crippen LogP contribution in [-0.2, 0) is 4.79 Å². The first kappa shape index (κ1) is 17.8. The summed E-state index contributed by atoms with van der Waals surface area (Å²) in [5, 5.41) is 9.65. The zero-order valence-electron chi connectivity index (χ0n) is 13.2. The number of aromatic hydroxyl groups is 1. The highest BCUT2D eigenvalue weighted by Gasteiger charge is 2.12. The molecule has 0 atom stereocenters. The second kappa shape index (κ2) is 7.83. The van der Waals surface area contributed by atoms with Gasteiger partial charge in [0.25, 0.3) is 11.8 Å². The zero-order valence-corrected chi connectivity index (χ0v) is 14.8. The van der Waals surface area contributed by atoms with E-state index in [2.05, 4.69) is 26.8 Å². The van der Waals surface area contributed by atoms with Crippen LogP contribution in [0.2, 0.25) is 0 Å². The monoisotopic (exact) mass is 392 g/mol. The van der Waals surface area contributed by atoms with Gasteiger partial charge in [0.1, 0.15) is 11.5 Å². The predicted molar refractivity (Wildman–Crippen MR) is 92.8 cm³/mol. The molecular weight excluding hydrogens is 376 g/mol. The van der Waals surface area contributed by atoms with Crippen molar-refractivity contribution in [1.82, 2.24) is 10.9 Å². The fourth-order valence-corrected chi connectivity index (χ4v) is 2.23. The Kier molecular flexibility index (Phi) is 5.81. The first-order chi connectivity index (χ1) is 11.4. The van der Waals surface area contributed by atoms with Crippen LogP contribution in [-0.4, -0.2) is 23.5 Å². The minimum absolute atomic E-state index is 0.0414. The van der Waals surface area contributed by atoms with Gasteiger partial charge in [-0.2, -0.15) is 0 Å². The van der Waals surface area contributed by atoms with E-state index in [9.17, 15) is 14.7 Å². The zero-order chi connectivity index (χ0) is 17.7. The molecule has 0 aliphatic carbocycles. The first-order valence-corrected chi connectivity index (χ1v) is 7.94. The van der Waals surface area contributed by atoms with Crippen LogP contribution in [0.5, 0.6) is 11.5 Å². The molecule has 0 fully saturated rings. The Hall–Kier alpha value is -2.54. The lowest BCUT2D eigenvalue weighted by Gasteiger charge is -2.10. The molecule has 0 spiro atoms. The molecule has 0 aliphatic heterocycles. The summed E-state index contributed by atoms with van der Waals surface area (Å²) in [5.41, 5.74) is 6.69. The van der Waals surface area contributed by atoms with Gasteiger partial charge in [-0.1, -0.05) is 22.0 Å². The van der Waals surface area contributed by atoms with Crippen LogP contribution in [0.15, 0.2) is 40.9 Å². The molecule has 0 radical (unpaired) electrons. The maximum atomic E-state index is 11.9. The number of hydrazine groups is 1. The topological polar surface area (TPSA) is 87.7 Å². The van der Waals surface area contributed by atoms with Gasteiger partial charge in [0.05, 0.1) is 5.56 Å². The summed E-state index contributed by atoms with van der Waals surface area (Å²) in [4.78, 5) is 23.7. The van der Waals surface area contributed by atoms with Crippen molar-refractivity contribution in [1.29, 1.82) is 0 Å². The third-order valence-corrected chi connectivity index (χ3v) is 3.86. The highest BCUT2D eigenvalue weighted by atomic mass is 79.9. The number of hydrogen-bond acceptors (Lipinski definition) is 4. The third kappa shape index (κ3) is 4.73. The van der Waals surface area contributed by atoms with Gasteiger partial charge in [0.15, 0.2) is 6.61 Å². The molecule has 6 nitrogen and oxygen atoms in total. The molecule has 0 heterocycles. The molecule has 2 rings (SSSR count). The quantitative estimate of drug-likeness (QED) is 0.697. The van der Waals surface area contributed by atoms with Crippen molar-refractivity contribution in [2.24, 2.45) is 0 Å². The lowest BCUT2D eigenvalue weighted by molar-refractivity contribution is -0.123. The van der Waals surface area contributed by atoms with Gasteiger partial charge in [0, 0.05) is 4.47 Å². The van der Waals surface area contributed by atoms with Crippen molar-refractivity contribution in [3.05, 3.63) is 57.6 Å². The number of nitrogens with one attached hydrogen (secondary N) is 2. The molecule has 2 amide bonds. The second-order valence-corrected chi connectivity index (χ2v) is 6.11. The molecule has 0 aromatic heterocycles. The Bertz CT molecular complexity index is 777. The number of aryl methyl sites for hydroxylation is 2. The highest BCUT2D eigenvalue weighted by molar-refractivity contribution is 9.10. The third-order valence-electron chi connectivity index (χ3n) is 3.37. The number of rotatable bonds is 4. The van der Waals surface area contributed by atoms with Gasteiger partial charge in [-0.05, 0) is 55.3 Å². The Labute approximate surface area is 147 Å². The number of ether oxygens (including phenoxy) is 1. The molecule has 2 aromatic rings. The Morgan fingerprint density at radius 1 is 1.08 bits per heavy atom. The lowest BCUT2D eigenvalue weighted by Crippen LogP contribution is -2.43. The summed E-state index contributed by atoms with van der Waals surface area (Å²) in [5.74, 6) is -0.759. The minimum Gasteiger partial charge on any atom is -0.507 e. The maximum absolute atomic E-state index is 11.9. The van der Waals surface area contributed by atoms with Crippen molar-refractivity contribution in [2.75, 3.05) is 6.61 Å². The Morgan fingerprint density at radius 2 is 1.83 bits per heavy atom. The number of amides is 2. The van der Waals surface area contributed by atoms with E-state index in [0.717, 1.165) is 11.1 Å².